The van der Waals surface area contributed by atoms with Gasteiger partial charge in [-0.2, -0.15) is 13.2 Å². The molecule has 1 heterocycles. The van der Waals surface area contributed by atoms with Crippen LogP contribution >= 0.6 is 11.3 Å². The summed E-state index contributed by atoms with van der Waals surface area (Å²) in [6.45, 7) is 1.88. The van der Waals surface area contributed by atoms with Crippen LogP contribution in [0.25, 0.3) is 22.4 Å². The monoisotopic (exact) mass is 423 g/mol. The number of aryl methyl sites for hydroxylation is 1. The number of carbonyl (C=O) groups is 1. The van der Waals surface area contributed by atoms with Crippen LogP contribution in [0, 0.1) is 5.82 Å². The smallest absolute Gasteiger partial charge is 0.427 e. The number of halogens is 4. The van der Waals surface area contributed by atoms with Gasteiger partial charge >= 0.3 is 12.1 Å². The molecule has 0 aliphatic rings. The third-order valence-corrected chi connectivity index (χ3v) is 5.27. The van der Waals surface area contributed by atoms with Gasteiger partial charge in [0.2, 0.25) is 0 Å². The predicted molar refractivity (Wildman–Crippen MR) is 103 cm³/mol. The molecule has 2 aromatic carbocycles. The van der Waals surface area contributed by atoms with Gasteiger partial charge in [0.15, 0.2) is 0 Å². The summed E-state index contributed by atoms with van der Waals surface area (Å²) in [5.41, 5.74) is 1.66. The highest BCUT2D eigenvalue weighted by Crippen LogP contribution is 2.41. The molecular formula is C21H17F4NO2S. The van der Waals surface area contributed by atoms with Crippen molar-refractivity contribution < 1.29 is 27.1 Å². The quantitative estimate of drug-likeness (QED) is 0.354. The van der Waals surface area contributed by atoms with E-state index in [0.29, 0.717) is 16.9 Å². The number of nitrogens with zero attached hydrogens (tertiary/aromatic N) is 1. The average Bonchev–Trinajstić information content (AvgIpc) is 3.12. The zero-order valence-electron chi connectivity index (χ0n) is 15.4. The lowest BCUT2D eigenvalue weighted by Crippen LogP contribution is -2.04. The van der Waals surface area contributed by atoms with E-state index in [-0.39, 0.29) is 36.0 Å². The van der Waals surface area contributed by atoms with E-state index in [0.717, 1.165) is 11.1 Å². The standard InChI is InChI=1S/C21H17F4NO2S/c1-2-28-18(27)12-11-17-26-19(20(29-17)21(23,24)25)15-5-3-13(4-6-15)14-7-9-16(22)10-8-14/h3-10H,2,11-12H2,1H3. The number of rotatable bonds is 6. The minimum atomic E-state index is -4.55. The number of alkyl halides is 3. The molecule has 3 nitrogen and oxygen atoms in total. The van der Waals surface area contributed by atoms with Crippen LogP contribution in [-0.2, 0) is 22.1 Å². The van der Waals surface area contributed by atoms with E-state index in [9.17, 15) is 22.4 Å². The molecule has 0 unspecified atom stereocenters. The Bertz CT molecular complexity index is 979. The first-order valence-electron chi connectivity index (χ1n) is 8.87. The van der Waals surface area contributed by atoms with Crippen molar-refractivity contribution in [2.45, 2.75) is 25.9 Å². The van der Waals surface area contributed by atoms with Gasteiger partial charge in [0, 0.05) is 12.0 Å². The normalized spacial score (nSPS) is 11.5. The van der Waals surface area contributed by atoms with Crippen LogP contribution in [0.15, 0.2) is 48.5 Å². The zero-order valence-corrected chi connectivity index (χ0v) is 16.2. The first kappa shape index (κ1) is 21.0. The highest BCUT2D eigenvalue weighted by Gasteiger charge is 2.37. The fraction of sp³-hybridized carbons (Fsp3) is 0.238. The lowest BCUT2D eigenvalue weighted by Gasteiger charge is -2.07. The summed E-state index contributed by atoms with van der Waals surface area (Å²) in [6, 6.07) is 12.3. The van der Waals surface area contributed by atoms with E-state index in [2.05, 4.69) is 4.98 Å². The Labute approximate surface area is 169 Å². The molecule has 0 aliphatic carbocycles. The SMILES string of the molecule is CCOC(=O)CCc1nc(-c2ccc(-c3ccc(F)cc3)cc2)c(C(F)(F)F)s1. The van der Waals surface area contributed by atoms with Crippen molar-refractivity contribution in [2.24, 2.45) is 0 Å². The number of hydrogen-bond donors (Lipinski definition) is 0. The molecule has 3 rings (SSSR count). The van der Waals surface area contributed by atoms with E-state index in [4.69, 9.17) is 4.74 Å². The van der Waals surface area contributed by atoms with Gasteiger partial charge in [-0.1, -0.05) is 36.4 Å². The molecule has 0 bridgehead atoms. The number of esters is 1. The van der Waals surface area contributed by atoms with Crippen molar-refractivity contribution in [3.05, 3.63) is 64.2 Å². The van der Waals surface area contributed by atoms with Gasteiger partial charge in [-0.25, -0.2) is 9.37 Å². The van der Waals surface area contributed by atoms with Crippen LogP contribution in [0.1, 0.15) is 23.2 Å². The van der Waals surface area contributed by atoms with Crippen LogP contribution in [0.2, 0.25) is 0 Å². The van der Waals surface area contributed by atoms with E-state index in [1.54, 1.807) is 43.3 Å². The molecule has 0 aliphatic heterocycles. The van der Waals surface area contributed by atoms with Crippen LogP contribution < -0.4 is 0 Å². The Kier molecular flexibility index (Phi) is 6.32. The summed E-state index contributed by atoms with van der Waals surface area (Å²) < 4.78 is 58.3. The van der Waals surface area contributed by atoms with Gasteiger partial charge in [0.05, 0.1) is 23.7 Å². The summed E-state index contributed by atoms with van der Waals surface area (Å²) in [7, 11) is 0. The van der Waals surface area contributed by atoms with E-state index < -0.39 is 17.0 Å². The molecule has 1 aromatic heterocycles. The molecule has 0 saturated carbocycles. The Morgan fingerprint density at radius 3 is 2.10 bits per heavy atom. The van der Waals surface area contributed by atoms with Crippen molar-refractivity contribution in [2.75, 3.05) is 6.61 Å². The van der Waals surface area contributed by atoms with Gasteiger partial charge in [-0.15, -0.1) is 11.3 Å². The first-order chi connectivity index (χ1) is 13.8. The van der Waals surface area contributed by atoms with Crippen LogP contribution in [0.5, 0.6) is 0 Å². The topological polar surface area (TPSA) is 39.2 Å². The summed E-state index contributed by atoms with van der Waals surface area (Å²) in [5.74, 6) is -0.834. The van der Waals surface area contributed by atoms with Gasteiger partial charge in [0.25, 0.3) is 0 Å². The fourth-order valence-corrected chi connectivity index (χ4v) is 3.72. The lowest BCUT2D eigenvalue weighted by molar-refractivity contribution is -0.143. The van der Waals surface area contributed by atoms with Crippen LogP contribution in [-0.4, -0.2) is 17.6 Å². The molecule has 0 fully saturated rings. The van der Waals surface area contributed by atoms with Crippen molar-refractivity contribution in [3.63, 3.8) is 0 Å². The summed E-state index contributed by atoms with van der Waals surface area (Å²) in [4.78, 5) is 14.8. The molecule has 0 radical (unpaired) electrons. The molecule has 0 amide bonds. The Hall–Kier alpha value is -2.74. The highest BCUT2D eigenvalue weighted by molar-refractivity contribution is 7.12. The van der Waals surface area contributed by atoms with Gasteiger partial charge in [-0.05, 0) is 30.2 Å². The second-order valence-electron chi connectivity index (χ2n) is 6.17. The van der Waals surface area contributed by atoms with Gasteiger partial charge < -0.3 is 4.74 Å². The van der Waals surface area contributed by atoms with E-state index in [1.807, 2.05) is 0 Å². The van der Waals surface area contributed by atoms with Crippen molar-refractivity contribution >= 4 is 17.3 Å². The maximum Gasteiger partial charge on any atom is 0.427 e. The molecule has 3 aromatic rings. The predicted octanol–water partition coefficient (Wildman–Crippen LogP) is 6.13. The van der Waals surface area contributed by atoms with Gasteiger partial charge in [-0.3, -0.25) is 4.79 Å². The van der Waals surface area contributed by atoms with Crippen molar-refractivity contribution in [1.29, 1.82) is 0 Å². The summed E-state index contributed by atoms with van der Waals surface area (Å²) in [6.07, 6.45) is -4.49. The lowest BCUT2D eigenvalue weighted by atomic mass is 10.0. The fourth-order valence-electron chi connectivity index (χ4n) is 2.76. The number of hydrogen-bond acceptors (Lipinski definition) is 4. The summed E-state index contributed by atoms with van der Waals surface area (Å²) in [5, 5.41) is 0.225. The largest absolute Gasteiger partial charge is 0.466 e. The van der Waals surface area contributed by atoms with Gasteiger partial charge in [0.1, 0.15) is 10.7 Å². The minimum Gasteiger partial charge on any atom is -0.466 e. The van der Waals surface area contributed by atoms with E-state index >= 15 is 0 Å². The number of carbonyl (C=O) groups excluding carboxylic acids is 1. The Morgan fingerprint density at radius 2 is 1.55 bits per heavy atom. The molecule has 0 atom stereocenters. The second kappa shape index (κ2) is 8.73. The maximum atomic E-state index is 13.5. The number of benzene rings is 2. The first-order valence-corrected chi connectivity index (χ1v) is 9.68. The Balaban J connectivity index is 1.88. The molecular weight excluding hydrogens is 406 g/mol. The van der Waals surface area contributed by atoms with Crippen molar-refractivity contribution in [3.8, 4) is 22.4 Å². The molecule has 152 valence electrons. The third kappa shape index (κ3) is 5.20. The van der Waals surface area contributed by atoms with Crippen LogP contribution in [0.3, 0.4) is 0 Å². The second-order valence-corrected chi connectivity index (χ2v) is 7.26. The molecule has 0 N–H and O–H groups in total. The van der Waals surface area contributed by atoms with Crippen molar-refractivity contribution in [1.82, 2.24) is 4.98 Å². The average molecular weight is 423 g/mol. The molecule has 8 heteroatoms. The maximum absolute atomic E-state index is 13.5. The zero-order chi connectivity index (χ0) is 21.0. The third-order valence-electron chi connectivity index (χ3n) is 4.11. The molecule has 0 saturated heterocycles. The minimum absolute atomic E-state index is 0.0262. The van der Waals surface area contributed by atoms with E-state index in [1.165, 1.54) is 12.1 Å². The summed E-state index contributed by atoms with van der Waals surface area (Å²) >= 11 is 0.538. The molecule has 29 heavy (non-hydrogen) atoms. The van der Waals surface area contributed by atoms with Crippen LogP contribution in [0.4, 0.5) is 17.6 Å². The number of thiazole rings is 1. The Morgan fingerprint density at radius 1 is 1.00 bits per heavy atom. The highest BCUT2D eigenvalue weighted by atomic mass is 32.1. The number of ether oxygens (including phenoxy) is 1. The number of aromatic nitrogens is 1. The molecule has 0 spiro atoms.